The molecule has 0 unspecified atom stereocenters. The Morgan fingerprint density at radius 3 is 2.46 bits per heavy atom. The van der Waals surface area contributed by atoms with Crippen LogP contribution in [0.25, 0.3) is 11.0 Å². The van der Waals surface area contributed by atoms with Crippen LogP contribution < -0.4 is 10.2 Å². The molecule has 2 heterocycles. The van der Waals surface area contributed by atoms with E-state index in [0.29, 0.717) is 34.5 Å². The van der Waals surface area contributed by atoms with E-state index in [-0.39, 0.29) is 6.54 Å². The second kappa shape index (κ2) is 10.7. The smallest absolute Gasteiger partial charge is 0.337 e. The molecule has 2 amide bonds. The number of hydrogen-bond acceptors (Lipinski definition) is 7. The minimum absolute atomic E-state index is 0.180. The maximum absolute atomic E-state index is 13.9. The van der Waals surface area contributed by atoms with E-state index < -0.39 is 29.4 Å². The lowest BCUT2D eigenvalue weighted by molar-refractivity contribution is -0.128. The highest BCUT2D eigenvalue weighted by Crippen LogP contribution is 2.30. The minimum atomic E-state index is -1.12. The van der Waals surface area contributed by atoms with Crippen molar-refractivity contribution in [3.05, 3.63) is 78.3 Å². The summed E-state index contributed by atoms with van der Waals surface area (Å²) in [6.45, 7) is 5.60. The number of aromatic nitrogens is 3. The number of hydrogen-bond donors (Lipinski definition) is 1. The van der Waals surface area contributed by atoms with Crippen LogP contribution in [0, 0.1) is 0 Å². The summed E-state index contributed by atoms with van der Waals surface area (Å²) in [6, 6.07) is 15.8. The molecule has 10 heteroatoms. The predicted octanol–water partition coefficient (Wildman–Crippen LogP) is 3.89. The van der Waals surface area contributed by atoms with E-state index in [0.717, 1.165) is 0 Å². The first-order valence-corrected chi connectivity index (χ1v) is 11.9. The molecular formula is C27H29N5O5. The molecule has 1 N–H and O–H groups in total. The van der Waals surface area contributed by atoms with E-state index in [1.54, 1.807) is 42.5 Å². The summed E-state index contributed by atoms with van der Waals surface area (Å²) in [6.07, 6.45) is 2.13. The molecule has 4 aromatic rings. The van der Waals surface area contributed by atoms with Gasteiger partial charge in [-0.1, -0.05) is 24.3 Å². The van der Waals surface area contributed by atoms with E-state index in [9.17, 15) is 14.4 Å². The predicted molar refractivity (Wildman–Crippen MR) is 137 cm³/mol. The lowest BCUT2D eigenvalue weighted by Crippen LogP contribution is -2.51. The molecule has 192 valence electrons. The Balaban J connectivity index is 1.79. The van der Waals surface area contributed by atoms with Crippen molar-refractivity contribution in [2.24, 2.45) is 0 Å². The monoisotopic (exact) mass is 503 g/mol. The van der Waals surface area contributed by atoms with Crippen molar-refractivity contribution >= 4 is 34.5 Å². The first kappa shape index (κ1) is 25.6. The number of amides is 2. The molecule has 0 bridgehead atoms. The molecule has 0 aliphatic rings. The van der Waals surface area contributed by atoms with Gasteiger partial charge in [0.1, 0.15) is 17.8 Å². The Morgan fingerprint density at radius 2 is 1.81 bits per heavy atom. The van der Waals surface area contributed by atoms with Crippen molar-refractivity contribution in [2.75, 3.05) is 12.0 Å². The molecule has 1 atom stereocenters. The fourth-order valence-corrected chi connectivity index (χ4v) is 3.86. The number of ether oxygens (including phenoxy) is 1. The van der Waals surface area contributed by atoms with Crippen LogP contribution in [0.2, 0.25) is 0 Å². The zero-order valence-electron chi connectivity index (χ0n) is 21.2. The molecule has 0 fully saturated rings. The van der Waals surface area contributed by atoms with Crippen molar-refractivity contribution in [3.8, 4) is 0 Å². The lowest BCUT2D eigenvalue weighted by atomic mass is 10.0. The molecule has 10 nitrogen and oxygen atoms in total. The molecule has 0 aliphatic heterocycles. The third kappa shape index (κ3) is 5.53. The van der Waals surface area contributed by atoms with Gasteiger partial charge >= 0.3 is 5.97 Å². The Kier molecular flexibility index (Phi) is 7.37. The summed E-state index contributed by atoms with van der Waals surface area (Å²) in [5.41, 5.74) is 1.52. The number of fused-ring (bicyclic) bond motifs is 1. The molecule has 0 saturated heterocycles. The number of anilines is 1. The Hall–Kier alpha value is -4.47. The largest absolute Gasteiger partial charge is 0.467 e. The van der Waals surface area contributed by atoms with Crippen molar-refractivity contribution in [1.29, 1.82) is 0 Å². The van der Waals surface area contributed by atoms with E-state index >= 15 is 0 Å². The van der Waals surface area contributed by atoms with Gasteiger partial charge in [0.05, 0.1) is 24.5 Å². The molecule has 0 radical (unpaired) electrons. The van der Waals surface area contributed by atoms with Crippen molar-refractivity contribution < 1.29 is 23.5 Å². The SMILES string of the molecule is CCC(C)(C)NC(=O)[C@@H](c1ccco1)N(C(=O)Cn1nnc2ccccc21)c1ccc(C(=O)OC)cc1. The average molecular weight is 504 g/mol. The maximum Gasteiger partial charge on any atom is 0.337 e. The Labute approximate surface area is 214 Å². The molecule has 0 spiro atoms. The topological polar surface area (TPSA) is 120 Å². The van der Waals surface area contributed by atoms with E-state index in [1.807, 2.05) is 39.0 Å². The Morgan fingerprint density at radius 1 is 1.08 bits per heavy atom. The van der Waals surface area contributed by atoms with Crippen LogP contribution in [-0.2, 0) is 20.9 Å². The number of esters is 1. The third-order valence-electron chi connectivity index (χ3n) is 6.21. The van der Waals surface area contributed by atoms with Gasteiger partial charge in [-0.2, -0.15) is 0 Å². The quantitative estimate of drug-likeness (QED) is 0.344. The first-order valence-electron chi connectivity index (χ1n) is 11.9. The van der Waals surface area contributed by atoms with Gasteiger partial charge in [0.2, 0.25) is 5.91 Å². The highest BCUT2D eigenvalue weighted by molar-refractivity contribution is 6.02. The average Bonchev–Trinajstić information content (AvgIpc) is 3.57. The molecule has 37 heavy (non-hydrogen) atoms. The highest BCUT2D eigenvalue weighted by atomic mass is 16.5. The second-order valence-corrected chi connectivity index (χ2v) is 9.18. The van der Waals surface area contributed by atoms with Gasteiger partial charge in [0.15, 0.2) is 6.04 Å². The molecular weight excluding hydrogens is 474 g/mol. The van der Waals surface area contributed by atoms with Crippen LogP contribution in [0.3, 0.4) is 0 Å². The van der Waals surface area contributed by atoms with Crippen molar-refractivity contribution in [1.82, 2.24) is 20.3 Å². The van der Waals surface area contributed by atoms with E-state index in [1.165, 1.54) is 23.0 Å². The second-order valence-electron chi connectivity index (χ2n) is 9.18. The van der Waals surface area contributed by atoms with Crippen LogP contribution >= 0.6 is 0 Å². The fourth-order valence-electron chi connectivity index (χ4n) is 3.86. The summed E-state index contributed by atoms with van der Waals surface area (Å²) < 4.78 is 11.9. The number of benzene rings is 2. The standard InChI is InChI=1S/C27H29N5O5/c1-5-27(2,3)28-25(34)24(22-11-8-16-37-22)32(19-14-12-18(13-15-19)26(35)36-4)23(33)17-31-21-10-7-6-9-20(21)29-30-31/h6-16,24H,5,17H2,1-4H3,(H,28,34)/t24-/m1/s1. The van der Waals surface area contributed by atoms with Gasteiger partial charge in [-0.25, -0.2) is 9.48 Å². The van der Waals surface area contributed by atoms with Gasteiger partial charge in [-0.3, -0.25) is 14.5 Å². The minimum Gasteiger partial charge on any atom is -0.467 e. The normalized spacial score (nSPS) is 12.2. The Bertz CT molecular complexity index is 1390. The van der Waals surface area contributed by atoms with Gasteiger partial charge in [-0.15, -0.1) is 5.10 Å². The number of rotatable bonds is 9. The summed E-state index contributed by atoms with van der Waals surface area (Å²) >= 11 is 0. The fraction of sp³-hybridized carbons (Fsp3) is 0.296. The summed E-state index contributed by atoms with van der Waals surface area (Å²) in [7, 11) is 1.29. The van der Waals surface area contributed by atoms with Crippen LogP contribution in [0.5, 0.6) is 0 Å². The number of methoxy groups -OCH3 is 1. The number of carbonyl (C=O) groups excluding carboxylic acids is 3. The van der Waals surface area contributed by atoms with E-state index in [2.05, 4.69) is 15.6 Å². The van der Waals surface area contributed by atoms with Gasteiger partial charge in [0, 0.05) is 11.2 Å². The highest BCUT2D eigenvalue weighted by Gasteiger charge is 2.37. The molecule has 0 aliphatic carbocycles. The lowest BCUT2D eigenvalue weighted by Gasteiger charge is -2.33. The first-order chi connectivity index (χ1) is 17.7. The van der Waals surface area contributed by atoms with Crippen LogP contribution in [-0.4, -0.2) is 45.4 Å². The van der Waals surface area contributed by atoms with Crippen LogP contribution in [0.4, 0.5) is 5.69 Å². The molecule has 2 aromatic heterocycles. The summed E-state index contributed by atoms with van der Waals surface area (Å²) in [5, 5.41) is 11.3. The van der Waals surface area contributed by atoms with Gasteiger partial charge in [0.25, 0.3) is 5.91 Å². The number of carbonyl (C=O) groups is 3. The zero-order valence-corrected chi connectivity index (χ0v) is 21.2. The molecule has 0 saturated carbocycles. The van der Waals surface area contributed by atoms with Crippen molar-refractivity contribution in [3.63, 3.8) is 0 Å². The molecule has 4 rings (SSSR count). The van der Waals surface area contributed by atoms with Gasteiger partial charge in [-0.05, 0) is 68.8 Å². The number of nitrogens with one attached hydrogen (secondary N) is 1. The van der Waals surface area contributed by atoms with Crippen LogP contribution in [0.15, 0.2) is 71.3 Å². The maximum atomic E-state index is 13.9. The zero-order chi connectivity index (χ0) is 26.6. The third-order valence-corrected chi connectivity index (χ3v) is 6.21. The van der Waals surface area contributed by atoms with Crippen molar-refractivity contribution in [2.45, 2.75) is 45.3 Å². The summed E-state index contributed by atoms with van der Waals surface area (Å²) in [5.74, 6) is -1.05. The summed E-state index contributed by atoms with van der Waals surface area (Å²) in [4.78, 5) is 41.0. The number of nitrogens with zero attached hydrogens (tertiary/aromatic N) is 4. The number of furan rings is 1. The van der Waals surface area contributed by atoms with Crippen LogP contribution in [0.1, 0.15) is 49.4 Å². The number of para-hydroxylation sites is 1. The molecule has 2 aromatic carbocycles. The van der Waals surface area contributed by atoms with Gasteiger partial charge < -0.3 is 14.5 Å². The van der Waals surface area contributed by atoms with E-state index in [4.69, 9.17) is 9.15 Å².